The first kappa shape index (κ1) is 10.7. The van der Waals surface area contributed by atoms with Gasteiger partial charge in [0, 0.05) is 0 Å². The maximum atomic E-state index is 8.54. The zero-order valence-corrected chi connectivity index (χ0v) is 9.15. The fourth-order valence-corrected chi connectivity index (χ4v) is 1.34. The van der Waals surface area contributed by atoms with E-state index in [0.29, 0.717) is 5.04 Å². The minimum Gasteiger partial charge on any atom is -0.384 e. The quantitative estimate of drug-likeness (QED) is 0.436. The second-order valence-electron chi connectivity index (χ2n) is 4.33. The molecule has 0 aromatic carbocycles. The summed E-state index contributed by atoms with van der Waals surface area (Å²) in [4.78, 5) is 0. The lowest BCUT2D eigenvalue weighted by molar-refractivity contribution is 0.350. The van der Waals surface area contributed by atoms with E-state index in [9.17, 15) is 0 Å². The molecule has 0 bridgehead atoms. The molecule has 1 nitrogen and oxygen atoms in total. The van der Waals surface area contributed by atoms with Crippen LogP contribution in [0.4, 0.5) is 0 Å². The van der Waals surface area contributed by atoms with Gasteiger partial charge in [-0.1, -0.05) is 39.8 Å². The Bertz CT molecular complexity index is 178. The molecule has 0 amide bonds. The third kappa shape index (κ3) is 3.09. The first-order chi connectivity index (χ1) is 4.81. The Morgan fingerprint density at radius 3 is 2.00 bits per heavy atom. The second kappa shape index (κ2) is 3.42. The van der Waals surface area contributed by atoms with Crippen LogP contribution in [-0.2, 0) is 0 Å². The van der Waals surface area contributed by atoms with Crippen molar-refractivity contribution in [3.63, 3.8) is 0 Å². The minimum atomic E-state index is -1.45. The average Bonchev–Trinajstić information content (AvgIpc) is 1.81. The van der Waals surface area contributed by atoms with Crippen LogP contribution < -0.4 is 0 Å². The summed E-state index contributed by atoms with van der Waals surface area (Å²) in [5.74, 6) is 2.76. The van der Waals surface area contributed by atoms with E-state index >= 15 is 0 Å². The molecule has 0 saturated heterocycles. The summed E-state index contributed by atoms with van der Waals surface area (Å²) in [6, 6.07) is 0. The van der Waals surface area contributed by atoms with E-state index in [1.165, 1.54) is 0 Å². The molecular formula is C9H18OSi. The van der Waals surface area contributed by atoms with Crippen molar-refractivity contribution < 1.29 is 5.11 Å². The van der Waals surface area contributed by atoms with Gasteiger partial charge in [0.2, 0.25) is 0 Å². The van der Waals surface area contributed by atoms with E-state index in [1.807, 2.05) is 0 Å². The van der Waals surface area contributed by atoms with Gasteiger partial charge in [-0.05, 0) is 5.04 Å². The smallest absolute Gasteiger partial charge is 0.137 e. The molecular weight excluding hydrogens is 152 g/mol. The lowest BCUT2D eigenvalue weighted by Gasteiger charge is -2.31. The SMILES string of the molecule is CC(C)(C)[Si](C)(C)C#CCO. The maximum Gasteiger partial charge on any atom is 0.137 e. The summed E-state index contributed by atoms with van der Waals surface area (Å²) < 4.78 is 0. The Kier molecular flexibility index (Phi) is 3.34. The van der Waals surface area contributed by atoms with Crippen LogP contribution in [0, 0.1) is 11.5 Å². The summed E-state index contributed by atoms with van der Waals surface area (Å²) >= 11 is 0. The predicted molar refractivity (Wildman–Crippen MR) is 52.1 cm³/mol. The third-order valence-corrected chi connectivity index (χ3v) is 6.91. The summed E-state index contributed by atoms with van der Waals surface area (Å²) in [5, 5.41) is 8.84. The van der Waals surface area contributed by atoms with E-state index in [4.69, 9.17) is 5.11 Å². The Morgan fingerprint density at radius 1 is 1.27 bits per heavy atom. The van der Waals surface area contributed by atoms with Gasteiger partial charge >= 0.3 is 0 Å². The molecule has 0 spiro atoms. The van der Waals surface area contributed by atoms with Gasteiger partial charge in [0.15, 0.2) is 0 Å². The van der Waals surface area contributed by atoms with Gasteiger partial charge in [0.25, 0.3) is 0 Å². The van der Waals surface area contributed by atoms with Gasteiger partial charge in [-0.15, -0.1) is 5.54 Å². The van der Waals surface area contributed by atoms with Gasteiger partial charge in [-0.2, -0.15) is 0 Å². The third-order valence-electron chi connectivity index (χ3n) is 2.35. The molecule has 0 aliphatic heterocycles. The normalized spacial score (nSPS) is 12.2. The second-order valence-corrected chi connectivity index (χ2v) is 9.33. The zero-order valence-electron chi connectivity index (χ0n) is 8.15. The van der Waals surface area contributed by atoms with Crippen molar-refractivity contribution in [3.8, 4) is 11.5 Å². The molecule has 0 rings (SSSR count). The molecule has 2 heteroatoms. The molecule has 64 valence electrons. The summed E-state index contributed by atoms with van der Waals surface area (Å²) in [7, 11) is -1.45. The van der Waals surface area contributed by atoms with Crippen molar-refractivity contribution in [2.75, 3.05) is 6.61 Å². The number of aliphatic hydroxyl groups excluding tert-OH is 1. The van der Waals surface area contributed by atoms with Crippen LogP contribution in [0.3, 0.4) is 0 Å². The van der Waals surface area contributed by atoms with Crippen molar-refractivity contribution >= 4 is 8.07 Å². The molecule has 11 heavy (non-hydrogen) atoms. The first-order valence-electron chi connectivity index (χ1n) is 3.92. The number of hydrogen-bond donors (Lipinski definition) is 1. The van der Waals surface area contributed by atoms with Crippen LogP contribution in [0.2, 0.25) is 18.1 Å². The highest BCUT2D eigenvalue weighted by molar-refractivity contribution is 6.87. The standard InChI is InChI=1S/C9H18OSi/c1-9(2,3)11(4,5)8-6-7-10/h10H,7H2,1-5H3. The summed E-state index contributed by atoms with van der Waals surface area (Å²) in [6.07, 6.45) is 0. The number of aliphatic hydroxyl groups is 1. The molecule has 0 aromatic heterocycles. The largest absolute Gasteiger partial charge is 0.384 e. The fraction of sp³-hybridized carbons (Fsp3) is 0.778. The van der Waals surface area contributed by atoms with Crippen LogP contribution in [0.25, 0.3) is 0 Å². The van der Waals surface area contributed by atoms with Gasteiger partial charge in [-0.25, -0.2) is 0 Å². The number of rotatable bonds is 0. The molecule has 0 aliphatic rings. The summed E-state index contributed by atoms with van der Waals surface area (Å²) in [6.45, 7) is 11.1. The molecule has 0 aliphatic carbocycles. The minimum absolute atomic E-state index is 0.00743. The molecule has 0 aromatic rings. The zero-order chi connectivity index (χ0) is 9.12. The first-order valence-corrected chi connectivity index (χ1v) is 6.92. The van der Waals surface area contributed by atoms with Crippen molar-refractivity contribution in [3.05, 3.63) is 0 Å². The monoisotopic (exact) mass is 170 g/mol. The highest BCUT2D eigenvalue weighted by Crippen LogP contribution is 2.34. The molecule has 0 heterocycles. The van der Waals surface area contributed by atoms with E-state index < -0.39 is 8.07 Å². The molecule has 0 fully saturated rings. The lowest BCUT2D eigenvalue weighted by atomic mass is 10.2. The van der Waals surface area contributed by atoms with E-state index in [-0.39, 0.29) is 6.61 Å². The Morgan fingerprint density at radius 2 is 1.73 bits per heavy atom. The van der Waals surface area contributed by atoms with E-state index in [1.54, 1.807) is 0 Å². The highest BCUT2D eigenvalue weighted by Gasteiger charge is 2.33. The van der Waals surface area contributed by atoms with E-state index in [2.05, 4.69) is 45.3 Å². The summed E-state index contributed by atoms with van der Waals surface area (Å²) in [5.41, 5.74) is 3.19. The van der Waals surface area contributed by atoms with Crippen molar-refractivity contribution in [1.29, 1.82) is 0 Å². The molecule has 0 atom stereocenters. The topological polar surface area (TPSA) is 20.2 Å². The Labute approximate surface area is 70.8 Å². The van der Waals surface area contributed by atoms with Gasteiger partial charge in [-0.3, -0.25) is 0 Å². The average molecular weight is 170 g/mol. The van der Waals surface area contributed by atoms with Gasteiger partial charge in [0.05, 0.1) is 0 Å². The fourth-order valence-electron chi connectivity index (χ4n) is 0.448. The lowest BCUT2D eigenvalue weighted by Crippen LogP contribution is -2.35. The van der Waals surface area contributed by atoms with Crippen molar-refractivity contribution in [1.82, 2.24) is 0 Å². The Balaban J connectivity index is 4.47. The molecule has 0 saturated carbocycles. The van der Waals surface area contributed by atoms with Crippen LogP contribution in [0.1, 0.15) is 20.8 Å². The molecule has 0 radical (unpaired) electrons. The van der Waals surface area contributed by atoms with Crippen molar-refractivity contribution in [2.24, 2.45) is 0 Å². The van der Waals surface area contributed by atoms with E-state index in [0.717, 1.165) is 0 Å². The van der Waals surface area contributed by atoms with Crippen molar-refractivity contribution in [2.45, 2.75) is 38.9 Å². The molecule has 1 N–H and O–H groups in total. The number of hydrogen-bond acceptors (Lipinski definition) is 1. The predicted octanol–water partition coefficient (Wildman–Crippen LogP) is 2.03. The van der Waals surface area contributed by atoms with Crippen LogP contribution in [-0.4, -0.2) is 19.8 Å². The van der Waals surface area contributed by atoms with Crippen LogP contribution in [0.5, 0.6) is 0 Å². The Hall–Kier alpha value is -0.263. The van der Waals surface area contributed by atoms with Gasteiger partial charge < -0.3 is 5.11 Å². The molecule has 0 unspecified atom stereocenters. The van der Waals surface area contributed by atoms with Crippen LogP contribution in [0.15, 0.2) is 0 Å². The van der Waals surface area contributed by atoms with Gasteiger partial charge in [0.1, 0.15) is 14.7 Å². The maximum absolute atomic E-state index is 8.54. The van der Waals surface area contributed by atoms with Crippen LogP contribution >= 0.6 is 0 Å². The highest BCUT2D eigenvalue weighted by atomic mass is 28.3.